The Morgan fingerprint density at radius 1 is 0.810 bits per heavy atom. The molecule has 3 heteroatoms. The van der Waals surface area contributed by atoms with E-state index in [1.54, 1.807) is 0 Å². The van der Waals surface area contributed by atoms with Crippen molar-refractivity contribution in [2.24, 2.45) is 5.73 Å². The summed E-state index contributed by atoms with van der Waals surface area (Å²) in [5, 5.41) is 0. The summed E-state index contributed by atoms with van der Waals surface area (Å²) in [6.07, 6.45) is 0. The molecular weight excluding hydrogens is 268 g/mol. The molecule has 2 aromatic carbocycles. The summed E-state index contributed by atoms with van der Waals surface area (Å²) in [6.45, 7) is 10.2. The van der Waals surface area contributed by atoms with Crippen LogP contribution in [0.1, 0.15) is 45.0 Å². The van der Waals surface area contributed by atoms with Gasteiger partial charge in [0.25, 0.3) is 0 Å². The van der Waals surface area contributed by atoms with Gasteiger partial charge in [0.2, 0.25) is 0 Å². The Labute approximate surface area is 124 Å². The molecule has 1 unspecified atom stereocenters. The van der Waals surface area contributed by atoms with Gasteiger partial charge in [-0.3, -0.25) is 0 Å². The average Bonchev–Trinajstić information content (AvgIpc) is 2.43. The minimum absolute atomic E-state index is 0.324. The first-order valence-corrected chi connectivity index (χ1v) is 7.03. The summed E-state index contributed by atoms with van der Waals surface area (Å²) in [7, 11) is 0. The van der Waals surface area contributed by atoms with Crippen molar-refractivity contribution in [2.75, 3.05) is 0 Å². The van der Waals surface area contributed by atoms with E-state index in [1.165, 1.54) is 28.8 Å². The Kier molecular flexibility index (Phi) is 4.15. The third-order valence-corrected chi connectivity index (χ3v) is 4.67. The van der Waals surface area contributed by atoms with Crippen molar-refractivity contribution in [3.63, 3.8) is 0 Å². The minimum Gasteiger partial charge on any atom is -0.320 e. The first-order valence-electron chi connectivity index (χ1n) is 7.03. The van der Waals surface area contributed by atoms with Crippen molar-refractivity contribution < 1.29 is 8.78 Å². The smallest absolute Gasteiger partial charge is 0.131 e. The first kappa shape index (κ1) is 15.6. The lowest BCUT2D eigenvalue weighted by Gasteiger charge is -2.23. The molecule has 0 heterocycles. The van der Waals surface area contributed by atoms with Crippen LogP contribution in [0.3, 0.4) is 0 Å². The van der Waals surface area contributed by atoms with Gasteiger partial charge in [-0.1, -0.05) is 6.07 Å². The number of nitrogens with two attached hydrogens (primary N) is 1. The molecular formula is C18H21F2N. The molecule has 1 nitrogen and oxygen atoms in total. The second-order valence-electron chi connectivity index (χ2n) is 5.68. The molecule has 0 radical (unpaired) electrons. The van der Waals surface area contributed by atoms with Crippen LogP contribution in [-0.2, 0) is 0 Å². The molecule has 0 spiro atoms. The highest BCUT2D eigenvalue weighted by atomic mass is 19.1. The summed E-state index contributed by atoms with van der Waals surface area (Å²) >= 11 is 0. The SMILES string of the molecule is Cc1c(C)c(C)c(C(N)c2ccc(F)cc2F)c(C)c1C. The lowest BCUT2D eigenvalue weighted by molar-refractivity contribution is 0.565. The highest BCUT2D eigenvalue weighted by molar-refractivity contribution is 5.52. The van der Waals surface area contributed by atoms with E-state index in [4.69, 9.17) is 5.73 Å². The number of hydrogen-bond acceptors (Lipinski definition) is 1. The third kappa shape index (κ3) is 2.58. The van der Waals surface area contributed by atoms with Crippen LogP contribution < -0.4 is 5.73 Å². The van der Waals surface area contributed by atoms with Crippen molar-refractivity contribution >= 4 is 0 Å². The standard InChI is InChI=1S/C18H21F2N/c1-9-10(2)12(4)17(13(5)11(9)3)18(21)15-7-6-14(19)8-16(15)20/h6-8,18H,21H2,1-5H3. The Hall–Kier alpha value is -1.74. The summed E-state index contributed by atoms with van der Waals surface area (Å²) in [6, 6.07) is 2.96. The zero-order chi connectivity index (χ0) is 15.9. The fraction of sp³-hybridized carbons (Fsp3) is 0.333. The van der Waals surface area contributed by atoms with Crippen LogP contribution in [0.25, 0.3) is 0 Å². The van der Waals surface area contributed by atoms with E-state index < -0.39 is 17.7 Å². The van der Waals surface area contributed by atoms with Gasteiger partial charge in [-0.2, -0.15) is 0 Å². The minimum atomic E-state index is -0.600. The third-order valence-electron chi connectivity index (χ3n) is 4.67. The van der Waals surface area contributed by atoms with E-state index in [1.807, 2.05) is 27.7 Å². The molecule has 0 aliphatic carbocycles. The normalized spacial score (nSPS) is 12.6. The topological polar surface area (TPSA) is 26.0 Å². The molecule has 0 saturated heterocycles. The van der Waals surface area contributed by atoms with E-state index in [0.717, 1.165) is 22.8 Å². The van der Waals surface area contributed by atoms with Crippen LogP contribution >= 0.6 is 0 Å². The lowest BCUT2D eigenvalue weighted by Crippen LogP contribution is -2.18. The van der Waals surface area contributed by atoms with Crippen molar-refractivity contribution in [1.82, 2.24) is 0 Å². The average molecular weight is 289 g/mol. The monoisotopic (exact) mass is 289 g/mol. The van der Waals surface area contributed by atoms with Crippen molar-refractivity contribution in [3.8, 4) is 0 Å². The van der Waals surface area contributed by atoms with Gasteiger partial charge in [0, 0.05) is 11.6 Å². The van der Waals surface area contributed by atoms with Gasteiger partial charge >= 0.3 is 0 Å². The Balaban J connectivity index is 2.66. The van der Waals surface area contributed by atoms with E-state index in [0.29, 0.717) is 5.56 Å². The number of rotatable bonds is 2. The molecule has 112 valence electrons. The molecule has 2 N–H and O–H groups in total. The molecule has 0 aliphatic heterocycles. The van der Waals surface area contributed by atoms with E-state index in [2.05, 4.69) is 6.92 Å². The molecule has 1 atom stereocenters. The predicted molar refractivity (Wildman–Crippen MR) is 82.5 cm³/mol. The number of benzene rings is 2. The first-order chi connectivity index (χ1) is 9.75. The molecule has 0 amide bonds. The van der Waals surface area contributed by atoms with E-state index in [-0.39, 0.29) is 0 Å². The fourth-order valence-electron chi connectivity index (χ4n) is 2.90. The van der Waals surface area contributed by atoms with Crippen LogP contribution in [0.5, 0.6) is 0 Å². The van der Waals surface area contributed by atoms with Crippen LogP contribution in [-0.4, -0.2) is 0 Å². The van der Waals surface area contributed by atoms with Crippen molar-refractivity contribution in [3.05, 3.63) is 68.8 Å². The highest BCUT2D eigenvalue weighted by Gasteiger charge is 2.21. The van der Waals surface area contributed by atoms with E-state index in [9.17, 15) is 8.78 Å². The maximum Gasteiger partial charge on any atom is 0.131 e. The summed E-state index contributed by atoms with van der Waals surface area (Å²) < 4.78 is 27.1. The van der Waals surface area contributed by atoms with Crippen LogP contribution in [0.4, 0.5) is 8.78 Å². The zero-order valence-electron chi connectivity index (χ0n) is 13.1. The van der Waals surface area contributed by atoms with Gasteiger partial charge in [-0.05, 0) is 74.1 Å². The Morgan fingerprint density at radius 3 is 1.76 bits per heavy atom. The van der Waals surface area contributed by atoms with Crippen molar-refractivity contribution in [2.45, 2.75) is 40.7 Å². The molecule has 2 rings (SSSR count). The molecule has 0 fully saturated rings. The molecule has 0 aromatic heterocycles. The van der Waals surface area contributed by atoms with E-state index >= 15 is 0 Å². The number of hydrogen-bond donors (Lipinski definition) is 1. The van der Waals surface area contributed by atoms with Crippen LogP contribution in [0.15, 0.2) is 18.2 Å². The quantitative estimate of drug-likeness (QED) is 0.862. The van der Waals surface area contributed by atoms with Gasteiger partial charge in [0.05, 0.1) is 6.04 Å². The van der Waals surface area contributed by atoms with Gasteiger partial charge < -0.3 is 5.73 Å². The summed E-state index contributed by atoms with van der Waals surface area (Å²) in [5.41, 5.74) is 13.3. The van der Waals surface area contributed by atoms with Gasteiger partial charge in [-0.15, -0.1) is 0 Å². The molecule has 0 aliphatic rings. The Bertz CT molecular complexity index is 676. The molecule has 0 bridgehead atoms. The van der Waals surface area contributed by atoms with Gasteiger partial charge in [0.1, 0.15) is 11.6 Å². The Morgan fingerprint density at radius 2 is 1.29 bits per heavy atom. The lowest BCUT2D eigenvalue weighted by atomic mass is 9.84. The largest absolute Gasteiger partial charge is 0.320 e. The molecule has 2 aromatic rings. The second kappa shape index (κ2) is 5.57. The van der Waals surface area contributed by atoms with Gasteiger partial charge in [0.15, 0.2) is 0 Å². The molecule has 0 saturated carbocycles. The second-order valence-corrected chi connectivity index (χ2v) is 5.68. The summed E-state index contributed by atoms with van der Waals surface area (Å²) in [4.78, 5) is 0. The number of halogens is 2. The maximum absolute atomic E-state index is 14.0. The van der Waals surface area contributed by atoms with Gasteiger partial charge in [-0.25, -0.2) is 8.78 Å². The van der Waals surface area contributed by atoms with Crippen LogP contribution in [0.2, 0.25) is 0 Å². The molecule has 21 heavy (non-hydrogen) atoms. The fourth-order valence-corrected chi connectivity index (χ4v) is 2.90. The van der Waals surface area contributed by atoms with Crippen molar-refractivity contribution in [1.29, 1.82) is 0 Å². The predicted octanol–water partition coefficient (Wildman–Crippen LogP) is 4.56. The van der Waals surface area contributed by atoms with Crippen LogP contribution in [0, 0.1) is 46.3 Å². The zero-order valence-corrected chi connectivity index (χ0v) is 13.1. The maximum atomic E-state index is 14.0. The highest BCUT2D eigenvalue weighted by Crippen LogP contribution is 2.33. The summed E-state index contributed by atoms with van der Waals surface area (Å²) in [5.74, 6) is -1.19.